The van der Waals surface area contributed by atoms with E-state index in [1.165, 1.54) is 0 Å². The number of H-pyrrole nitrogens is 1. The number of piperazine rings is 1. The van der Waals surface area contributed by atoms with Crippen LogP contribution < -0.4 is 15.4 Å². The molecule has 3 N–H and O–H groups in total. The van der Waals surface area contributed by atoms with E-state index in [-0.39, 0.29) is 6.61 Å². The average Bonchev–Trinajstić information content (AvgIpc) is 3.39. The Bertz CT molecular complexity index is 1190. The van der Waals surface area contributed by atoms with E-state index < -0.39 is 0 Å². The number of nitrogen functional groups attached to an aromatic ring is 1. The summed E-state index contributed by atoms with van der Waals surface area (Å²) in [5.74, 6) is 1.86. The number of pyridine rings is 2. The van der Waals surface area contributed by atoms with Crippen molar-refractivity contribution < 1.29 is 4.74 Å². The number of anilines is 2. The molecule has 5 heterocycles. The Kier molecular flexibility index (Phi) is 4.86. The Hall–Kier alpha value is -3.73. The Morgan fingerprint density at radius 2 is 1.97 bits per heavy atom. The lowest BCUT2D eigenvalue weighted by molar-refractivity contribution is 0.303. The zero-order valence-corrected chi connectivity index (χ0v) is 17.5. The zero-order chi connectivity index (χ0) is 21.4. The smallest absolute Gasteiger partial charge is 0.181 e. The maximum atomic E-state index is 5.91. The number of aryl methyl sites for hydroxylation is 1. The van der Waals surface area contributed by atoms with Gasteiger partial charge >= 0.3 is 0 Å². The Morgan fingerprint density at radius 3 is 2.74 bits per heavy atom. The van der Waals surface area contributed by atoms with Crippen LogP contribution in [0.25, 0.3) is 22.4 Å². The fourth-order valence-electron chi connectivity index (χ4n) is 3.72. The molecule has 0 unspecified atom stereocenters. The van der Waals surface area contributed by atoms with Gasteiger partial charge in [-0.2, -0.15) is 5.10 Å². The van der Waals surface area contributed by atoms with Gasteiger partial charge in [0.05, 0.1) is 5.69 Å². The molecule has 11 heteroatoms. The molecule has 1 aliphatic heterocycles. The fourth-order valence-corrected chi connectivity index (χ4v) is 3.72. The third-order valence-corrected chi connectivity index (χ3v) is 5.46. The zero-order valence-electron chi connectivity index (χ0n) is 17.5. The van der Waals surface area contributed by atoms with Gasteiger partial charge in [0, 0.05) is 51.1 Å². The summed E-state index contributed by atoms with van der Waals surface area (Å²) in [6.07, 6.45) is 1.90. The summed E-state index contributed by atoms with van der Waals surface area (Å²) in [4.78, 5) is 13.5. The van der Waals surface area contributed by atoms with Gasteiger partial charge in [-0.25, -0.2) is 15.1 Å². The van der Waals surface area contributed by atoms with E-state index in [1.807, 2.05) is 24.0 Å². The van der Waals surface area contributed by atoms with Crippen LogP contribution in [-0.4, -0.2) is 73.3 Å². The number of fused-ring (bicyclic) bond motifs is 1. The van der Waals surface area contributed by atoms with Crippen LogP contribution in [0.5, 0.6) is 5.75 Å². The number of rotatable bonds is 5. The summed E-state index contributed by atoms with van der Waals surface area (Å²) in [5.41, 5.74) is 9.62. The van der Waals surface area contributed by atoms with Gasteiger partial charge < -0.3 is 20.3 Å². The molecule has 5 rings (SSSR count). The number of likely N-dealkylation sites (N-methyl/N-ethyl adjacent to an activating group) is 1. The molecule has 0 radical (unpaired) electrons. The van der Waals surface area contributed by atoms with Crippen LogP contribution in [0.1, 0.15) is 5.69 Å². The highest BCUT2D eigenvalue weighted by Gasteiger charge is 2.16. The summed E-state index contributed by atoms with van der Waals surface area (Å²) in [6, 6.07) is 7.79. The van der Waals surface area contributed by atoms with Crippen LogP contribution in [0, 0.1) is 0 Å². The summed E-state index contributed by atoms with van der Waals surface area (Å²) >= 11 is 0. The van der Waals surface area contributed by atoms with Crippen LogP contribution in [0.4, 0.5) is 11.6 Å². The van der Waals surface area contributed by atoms with Gasteiger partial charge in [-0.3, -0.25) is 4.68 Å². The molecule has 11 nitrogen and oxygen atoms in total. The standard InChI is InChI=1S/C20H24N10O/c1-28-5-7-30(8-6-28)18-4-3-13(11-22-18)15-9-14(26-29(15)2)12-31-16-10-17(21)23-20-19(16)24-27-25-20/h3-4,9-11H,5-8,12H2,1-2H3,(H3,21,23,24,25,27). The monoisotopic (exact) mass is 420 g/mol. The van der Waals surface area contributed by atoms with E-state index in [9.17, 15) is 0 Å². The molecule has 160 valence electrons. The maximum Gasteiger partial charge on any atom is 0.181 e. The molecule has 0 bridgehead atoms. The van der Waals surface area contributed by atoms with Crippen molar-refractivity contribution in [2.45, 2.75) is 6.61 Å². The lowest BCUT2D eigenvalue weighted by atomic mass is 10.2. The predicted molar refractivity (Wildman–Crippen MR) is 117 cm³/mol. The first kappa shape index (κ1) is 19.2. The lowest BCUT2D eigenvalue weighted by Gasteiger charge is -2.33. The number of hydrogen-bond acceptors (Lipinski definition) is 9. The summed E-state index contributed by atoms with van der Waals surface area (Å²) in [5, 5.41) is 15.0. The van der Waals surface area contributed by atoms with Crippen LogP contribution in [0.3, 0.4) is 0 Å². The number of aromatic amines is 1. The van der Waals surface area contributed by atoms with Crippen LogP contribution >= 0.6 is 0 Å². The third kappa shape index (κ3) is 3.87. The molecular formula is C20H24N10O. The minimum absolute atomic E-state index is 0.270. The van der Waals surface area contributed by atoms with Gasteiger partial charge in [0.1, 0.15) is 23.9 Å². The molecule has 1 fully saturated rings. The second-order valence-electron chi connectivity index (χ2n) is 7.68. The number of nitrogens with zero attached hydrogens (tertiary/aromatic N) is 8. The molecule has 1 saturated heterocycles. The van der Waals surface area contributed by atoms with Crippen molar-refractivity contribution >= 4 is 22.8 Å². The summed E-state index contributed by atoms with van der Waals surface area (Å²) in [7, 11) is 4.06. The van der Waals surface area contributed by atoms with E-state index in [1.54, 1.807) is 6.07 Å². The number of aromatic nitrogens is 7. The number of nitrogens with one attached hydrogen (secondary N) is 1. The molecule has 0 spiro atoms. The van der Waals surface area contributed by atoms with Crippen LogP contribution in [0.2, 0.25) is 0 Å². The van der Waals surface area contributed by atoms with Gasteiger partial charge in [-0.1, -0.05) is 5.21 Å². The van der Waals surface area contributed by atoms with E-state index in [0.717, 1.165) is 48.9 Å². The first-order valence-electron chi connectivity index (χ1n) is 10.1. The lowest BCUT2D eigenvalue weighted by Crippen LogP contribution is -2.44. The number of ether oxygens (including phenoxy) is 1. The molecule has 1 aliphatic rings. The van der Waals surface area contributed by atoms with Gasteiger partial charge in [0.15, 0.2) is 16.9 Å². The highest BCUT2D eigenvalue weighted by molar-refractivity contribution is 5.78. The molecule has 4 aromatic heterocycles. The van der Waals surface area contributed by atoms with Crippen LogP contribution in [0.15, 0.2) is 30.5 Å². The topological polar surface area (TPSA) is 127 Å². The van der Waals surface area contributed by atoms with E-state index >= 15 is 0 Å². The fraction of sp³-hybridized carbons (Fsp3) is 0.350. The quantitative estimate of drug-likeness (QED) is 0.487. The van der Waals surface area contributed by atoms with Gasteiger partial charge in [-0.05, 0) is 25.2 Å². The highest BCUT2D eigenvalue weighted by Crippen LogP contribution is 2.25. The third-order valence-electron chi connectivity index (χ3n) is 5.46. The largest absolute Gasteiger partial charge is 0.485 e. The average molecular weight is 420 g/mol. The molecule has 0 saturated carbocycles. The molecule has 0 amide bonds. The Morgan fingerprint density at radius 1 is 1.13 bits per heavy atom. The van der Waals surface area contributed by atoms with Crippen molar-refractivity contribution in [3.63, 3.8) is 0 Å². The normalized spacial score (nSPS) is 15.0. The van der Waals surface area contributed by atoms with E-state index in [0.29, 0.717) is 22.7 Å². The van der Waals surface area contributed by atoms with Crippen molar-refractivity contribution in [2.24, 2.45) is 7.05 Å². The van der Waals surface area contributed by atoms with E-state index in [4.69, 9.17) is 10.5 Å². The molecule has 0 aromatic carbocycles. The highest BCUT2D eigenvalue weighted by atomic mass is 16.5. The number of nitrogens with two attached hydrogens (primary N) is 1. The maximum absolute atomic E-state index is 5.91. The van der Waals surface area contributed by atoms with E-state index in [2.05, 4.69) is 59.5 Å². The Balaban J connectivity index is 1.31. The molecular weight excluding hydrogens is 396 g/mol. The Labute approximate surface area is 178 Å². The molecule has 31 heavy (non-hydrogen) atoms. The SMILES string of the molecule is CN1CCN(c2ccc(-c3cc(COc4cc(N)nc5[nH]nnc45)nn3C)cn2)CC1. The summed E-state index contributed by atoms with van der Waals surface area (Å²) in [6.45, 7) is 4.37. The van der Waals surface area contributed by atoms with Crippen molar-refractivity contribution in [3.8, 4) is 17.0 Å². The molecule has 0 atom stereocenters. The molecule has 4 aromatic rings. The van der Waals surface area contributed by atoms with Gasteiger partial charge in [0.25, 0.3) is 0 Å². The minimum atomic E-state index is 0.270. The van der Waals surface area contributed by atoms with Crippen molar-refractivity contribution in [2.75, 3.05) is 43.9 Å². The van der Waals surface area contributed by atoms with Crippen molar-refractivity contribution in [1.82, 2.24) is 40.1 Å². The predicted octanol–water partition coefficient (Wildman–Crippen LogP) is 1.06. The van der Waals surface area contributed by atoms with Crippen LogP contribution in [-0.2, 0) is 13.7 Å². The van der Waals surface area contributed by atoms with Gasteiger partial charge in [0.2, 0.25) is 0 Å². The van der Waals surface area contributed by atoms with Gasteiger partial charge in [-0.15, -0.1) is 5.10 Å². The first-order chi connectivity index (χ1) is 15.1. The minimum Gasteiger partial charge on any atom is -0.485 e. The van der Waals surface area contributed by atoms with Crippen molar-refractivity contribution in [1.29, 1.82) is 0 Å². The van der Waals surface area contributed by atoms with Crippen molar-refractivity contribution in [3.05, 3.63) is 36.2 Å². The second kappa shape index (κ2) is 7.84. The molecule has 0 aliphatic carbocycles. The number of hydrogen-bond donors (Lipinski definition) is 2. The second-order valence-corrected chi connectivity index (χ2v) is 7.68. The summed E-state index contributed by atoms with van der Waals surface area (Å²) < 4.78 is 7.74. The first-order valence-corrected chi connectivity index (χ1v) is 10.1.